The second-order valence-electron chi connectivity index (χ2n) is 3.44. The van der Waals surface area contributed by atoms with Crippen molar-refractivity contribution in [2.24, 2.45) is 11.8 Å². The molecule has 15 heavy (non-hydrogen) atoms. The molecule has 1 aromatic rings. The molecule has 1 saturated heterocycles. The third-order valence-electron chi connectivity index (χ3n) is 2.30. The molecule has 0 spiro atoms. The van der Waals surface area contributed by atoms with Crippen molar-refractivity contribution < 1.29 is 9.47 Å². The summed E-state index contributed by atoms with van der Waals surface area (Å²) in [5.41, 5.74) is 3.31. The van der Waals surface area contributed by atoms with Crippen LogP contribution in [0.5, 0.6) is 0 Å². The van der Waals surface area contributed by atoms with Crippen molar-refractivity contribution in [3.8, 4) is 0 Å². The zero-order valence-electron chi connectivity index (χ0n) is 8.31. The van der Waals surface area contributed by atoms with E-state index < -0.39 is 0 Å². The lowest BCUT2D eigenvalue weighted by Gasteiger charge is -2.07. The number of rotatable bonds is 5. The Hall–Kier alpha value is -0.760. The van der Waals surface area contributed by atoms with Crippen LogP contribution >= 0.6 is 11.5 Å². The molecule has 84 valence electrons. The van der Waals surface area contributed by atoms with Crippen molar-refractivity contribution in [3.05, 3.63) is 5.69 Å². The van der Waals surface area contributed by atoms with Crippen LogP contribution < -0.4 is 11.3 Å². The molecule has 0 radical (unpaired) electrons. The smallest absolute Gasteiger partial charge is 0.149 e. The minimum atomic E-state index is 0.451. The van der Waals surface area contributed by atoms with E-state index in [9.17, 15) is 0 Å². The molecule has 0 aliphatic carbocycles. The van der Waals surface area contributed by atoms with Gasteiger partial charge < -0.3 is 14.9 Å². The summed E-state index contributed by atoms with van der Waals surface area (Å²) in [6, 6.07) is 0. The number of aromatic nitrogens is 2. The predicted molar refractivity (Wildman–Crippen MR) is 56.3 cm³/mol. The number of anilines is 1. The fourth-order valence-corrected chi connectivity index (χ4v) is 1.93. The van der Waals surface area contributed by atoms with Gasteiger partial charge in [0.1, 0.15) is 10.7 Å². The maximum Gasteiger partial charge on any atom is 0.149 e. The summed E-state index contributed by atoms with van der Waals surface area (Å²) in [6.07, 6.45) is 1.08. The van der Waals surface area contributed by atoms with Crippen molar-refractivity contribution in [2.45, 2.75) is 13.0 Å². The molecule has 2 rings (SSSR count). The number of hydrogen-bond acceptors (Lipinski definition) is 7. The Balaban J connectivity index is 1.73. The summed E-state index contributed by atoms with van der Waals surface area (Å²) in [4.78, 5) is 0. The van der Waals surface area contributed by atoms with Gasteiger partial charge in [0.25, 0.3) is 0 Å². The van der Waals surface area contributed by atoms with Gasteiger partial charge in [-0.25, -0.2) is 5.84 Å². The highest BCUT2D eigenvalue weighted by Gasteiger charge is 2.16. The standard InChI is InChI=1S/C8H14N4O2S/c9-10-8-7(11-12-15-8)5-14-4-6-1-2-13-3-6/h6,10H,1-5,9H2. The minimum Gasteiger partial charge on any atom is -0.381 e. The number of nitrogens with two attached hydrogens (primary N) is 1. The summed E-state index contributed by atoms with van der Waals surface area (Å²) >= 11 is 1.23. The van der Waals surface area contributed by atoms with E-state index in [1.807, 2.05) is 0 Å². The van der Waals surface area contributed by atoms with Crippen LogP contribution in [0.4, 0.5) is 5.00 Å². The number of hydrazine groups is 1. The lowest BCUT2D eigenvalue weighted by Crippen LogP contribution is -2.11. The van der Waals surface area contributed by atoms with Gasteiger partial charge in [0.15, 0.2) is 0 Å². The Kier molecular flexibility index (Phi) is 3.84. The molecular formula is C8H14N4O2S. The highest BCUT2D eigenvalue weighted by atomic mass is 32.1. The zero-order chi connectivity index (χ0) is 10.5. The first-order valence-electron chi connectivity index (χ1n) is 4.83. The van der Waals surface area contributed by atoms with E-state index >= 15 is 0 Å². The van der Waals surface area contributed by atoms with E-state index in [1.165, 1.54) is 11.5 Å². The fourth-order valence-electron chi connectivity index (χ4n) is 1.45. The van der Waals surface area contributed by atoms with E-state index in [0.29, 0.717) is 19.1 Å². The average molecular weight is 230 g/mol. The normalized spacial score (nSPS) is 20.7. The first kappa shape index (κ1) is 10.7. The Morgan fingerprint density at radius 3 is 3.33 bits per heavy atom. The lowest BCUT2D eigenvalue weighted by molar-refractivity contribution is 0.0775. The van der Waals surface area contributed by atoms with Gasteiger partial charge in [0.2, 0.25) is 0 Å². The van der Waals surface area contributed by atoms with Gasteiger partial charge in [-0.3, -0.25) is 0 Å². The maximum atomic E-state index is 5.53. The molecule has 3 N–H and O–H groups in total. The Morgan fingerprint density at radius 2 is 2.60 bits per heavy atom. The van der Waals surface area contributed by atoms with E-state index in [2.05, 4.69) is 15.0 Å². The van der Waals surface area contributed by atoms with E-state index in [-0.39, 0.29) is 0 Å². The maximum absolute atomic E-state index is 5.53. The molecule has 1 atom stereocenters. The Labute approximate surface area is 91.9 Å². The van der Waals surface area contributed by atoms with Crippen LogP contribution in [0.25, 0.3) is 0 Å². The van der Waals surface area contributed by atoms with Crippen molar-refractivity contribution in [3.63, 3.8) is 0 Å². The zero-order valence-corrected chi connectivity index (χ0v) is 9.13. The average Bonchev–Trinajstić information content (AvgIpc) is 2.88. The van der Waals surface area contributed by atoms with Crippen molar-refractivity contribution >= 4 is 16.5 Å². The van der Waals surface area contributed by atoms with Crippen molar-refractivity contribution in [1.82, 2.24) is 9.59 Å². The van der Waals surface area contributed by atoms with Gasteiger partial charge >= 0.3 is 0 Å². The quantitative estimate of drug-likeness (QED) is 0.562. The summed E-state index contributed by atoms with van der Waals surface area (Å²) < 4.78 is 14.6. The number of nitrogens with one attached hydrogen (secondary N) is 1. The van der Waals surface area contributed by atoms with E-state index in [0.717, 1.165) is 30.3 Å². The molecule has 1 unspecified atom stereocenters. The first-order chi connectivity index (χ1) is 7.40. The van der Waals surface area contributed by atoms with E-state index in [1.54, 1.807) is 0 Å². The largest absolute Gasteiger partial charge is 0.381 e. The monoisotopic (exact) mass is 230 g/mol. The predicted octanol–water partition coefficient (Wildman–Crippen LogP) is 0.377. The molecule has 6 nitrogen and oxygen atoms in total. The summed E-state index contributed by atoms with van der Waals surface area (Å²) in [5, 5.41) is 4.68. The minimum absolute atomic E-state index is 0.451. The van der Waals surface area contributed by atoms with Crippen LogP contribution in [0.2, 0.25) is 0 Å². The lowest BCUT2D eigenvalue weighted by atomic mass is 10.1. The van der Waals surface area contributed by atoms with Gasteiger partial charge in [-0.1, -0.05) is 4.49 Å². The second kappa shape index (κ2) is 5.36. The number of ether oxygens (including phenoxy) is 2. The molecule has 1 aromatic heterocycles. The topological polar surface area (TPSA) is 82.3 Å². The molecule has 0 amide bonds. The molecular weight excluding hydrogens is 216 g/mol. The fraction of sp³-hybridized carbons (Fsp3) is 0.750. The molecule has 7 heteroatoms. The van der Waals surface area contributed by atoms with Gasteiger partial charge in [-0.15, -0.1) is 5.10 Å². The van der Waals surface area contributed by atoms with Gasteiger partial charge in [0, 0.05) is 24.1 Å². The van der Waals surface area contributed by atoms with Gasteiger partial charge in [-0.05, 0) is 6.42 Å². The first-order valence-corrected chi connectivity index (χ1v) is 5.61. The van der Waals surface area contributed by atoms with Crippen LogP contribution in [-0.2, 0) is 16.1 Å². The highest BCUT2D eigenvalue weighted by molar-refractivity contribution is 7.10. The number of hydrogen-bond donors (Lipinski definition) is 2. The van der Waals surface area contributed by atoms with Crippen molar-refractivity contribution in [1.29, 1.82) is 0 Å². The van der Waals surface area contributed by atoms with Crippen LogP contribution in [-0.4, -0.2) is 29.4 Å². The molecule has 0 bridgehead atoms. The molecule has 1 fully saturated rings. The van der Waals surface area contributed by atoms with Crippen LogP contribution in [0.3, 0.4) is 0 Å². The number of nitrogens with zero attached hydrogens (tertiary/aromatic N) is 2. The molecule has 1 aliphatic rings. The van der Waals surface area contributed by atoms with Gasteiger partial charge in [0.05, 0.1) is 19.8 Å². The molecule has 2 heterocycles. The second-order valence-corrected chi connectivity index (χ2v) is 4.19. The Morgan fingerprint density at radius 1 is 1.67 bits per heavy atom. The van der Waals surface area contributed by atoms with Crippen LogP contribution in [0.15, 0.2) is 0 Å². The summed E-state index contributed by atoms with van der Waals surface area (Å²) in [7, 11) is 0. The Bertz CT molecular complexity index is 301. The third kappa shape index (κ3) is 2.85. The van der Waals surface area contributed by atoms with E-state index in [4.69, 9.17) is 15.3 Å². The number of nitrogen functional groups attached to an aromatic ring is 1. The molecule has 1 aliphatic heterocycles. The van der Waals surface area contributed by atoms with Crippen molar-refractivity contribution in [2.75, 3.05) is 25.2 Å². The molecule has 0 aromatic carbocycles. The third-order valence-corrected chi connectivity index (χ3v) is 3.00. The summed E-state index contributed by atoms with van der Waals surface area (Å²) in [6.45, 7) is 2.81. The summed E-state index contributed by atoms with van der Waals surface area (Å²) in [5.74, 6) is 5.81. The SMILES string of the molecule is NNc1snnc1COCC1CCOC1. The molecule has 0 saturated carbocycles. The van der Waals surface area contributed by atoms with Gasteiger partial charge in [-0.2, -0.15) is 0 Å². The van der Waals surface area contributed by atoms with Crippen LogP contribution in [0.1, 0.15) is 12.1 Å². The highest BCUT2D eigenvalue weighted by Crippen LogP contribution is 2.18. The van der Waals surface area contributed by atoms with Crippen LogP contribution in [0, 0.1) is 5.92 Å².